The molecule has 1 rings (SSSR count). The summed E-state index contributed by atoms with van der Waals surface area (Å²) in [6.07, 6.45) is -3.38. The number of nitrogens with one attached hydrogen (secondary N) is 1. The van der Waals surface area contributed by atoms with Gasteiger partial charge in [0.25, 0.3) is 11.6 Å². The van der Waals surface area contributed by atoms with Crippen molar-refractivity contribution in [2.75, 3.05) is 5.32 Å². The number of hydrogen-bond donors (Lipinski definition) is 1. The third-order valence-corrected chi connectivity index (χ3v) is 2.10. The highest BCUT2D eigenvalue weighted by atomic mass is 35.5. The molecule has 9 heteroatoms. The predicted octanol–water partition coefficient (Wildman–Crippen LogP) is 2.59. The van der Waals surface area contributed by atoms with E-state index in [-0.39, 0.29) is 0 Å². The molecule has 1 aromatic rings. The van der Waals surface area contributed by atoms with Crippen LogP contribution in [0.15, 0.2) is 12.1 Å². The number of nitrogens with zero attached hydrogens (tertiary/aromatic N) is 1. The lowest BCUT2D eigenvalue weighted by atomic mass is 10.2. The number of carbonyl (C=O) groups is 1. The third kappa shape index (κ3) is 2.84. The second-order valence-corrected chi connectivity index (χ2v) is 3.18. The molecule has 5 nitrogen and oxygen atoms in total. The molecule has 0 aliphatic rings. The summed E-state index contributed by atoms with van der Waals surface area (Å²) in [5, 5.41) is 11.2. The van der Waals surface area contributed by atoms with E-state index in [4.69, 9.17) is 11.6 Å². The van der Waals surface area contributed by atoms with Crippen molar-refractivity contribution in [1.82, 2.24) is 0 Å². The average Bonchev–Trinajstić information content (AvgIpc) is 2.22. The Bertz CT molecular complexity index is 481. The van der Waals surface area contributed by atoms with Crippen LogP contribution in [0.2, 0.25) is 5.02 Å². The molecular weight excluding hydrogens is 265 g/mol. The van der Waals surface area contributed by atoms with Gasteiger partial charge in [0.15, 0.2) is 0 Å². The predicted molar refractivity (Wildman–Crippen MR) is 52.7 cm³/mol. The second kappa shape index (κ2) is 5.00. The Morgan fingerprint density at radius 3 is 2.53 bits per heavy atom. The number of alkyl halides is 2. The highest BCUT2D eigenvalue weighted by Gasteiger charge is 2.23. The van der Waals surface area contributed by atoms with Gasteiger partial charge in [0, 0.05) is 6.07 Å². The maximum absolute atomic E-state index is 13.2. The molecule has 0 heterocycles. The van der Waals surface area contributed by atoms with Crippen molar-refractivity contribution in [3.05, 3.63) is 33.1 Å². The fourth-order valence-corrected chi connectivity index (χ4v) is 1.24. The van der Waals surface area contributed by atoms with E-state index in [1.165, 1.54) is 5.32 Å². The standard InChI is InChI=1S/C8H4ClF3N2O3/c9-5-4(14(16)17)2-1-3(10)6(5)13-8(15)7(11)12/h1-2,7H,(H,13,15). The first kappa shape index (κ1) is 13.2. The van der Waals surface area contributed by atoms with Crippen LogP contribution in [-0.4, -0.2) is 17.3 Å². The van der Waals surface area contributed by atoms with E-state index in [0.717, 1.165) is 6.07 Å². The number of nitro groups is 1. The number of nitro benzene ring substituents is 1. The van der Waals surface area contributed by atoms with Gasteiger partial charge in [-0.3, -0.25) is 14.9 Å². The second-order valence-electron chi connectivity index (χ2n) is 2.80. The number of hydrogen-bond acceptors (Lipinski definition) is 3. The molecule has 0 aliphatic carbocycles. The molecule has 0 saturated carbocycles. The molecule has 0 atom stereocenters. The smallest absolute Gasteiger partial charge is 0.315 e. The van der Waals surface area contributed by atoms with Crippen LogP contribution in [0.3, 0.4) is 0 Å². The highest BCUT2D eigenvalue weighted by Crippen LogP contribution is 2.34. The molecule has 0 unspecified atom stereocenters. The zero-order chi connectivity index (χ0) is 13.2. The maximum atomic E-state index is 13.2. The summed E-state index contributed by atoms with van der Waals surface area (Å²) in [7, 11) is 0. The molecule has 0 spiro atoms. The topological polar surface area (TPSA) is 72.2 Å². The molecule has 0 aliphatic heterocycles. The fraction of sp³-hybridized carbons (Fsp3) is 0.125. The van der Waals surface area contributed by atoms with Crippen molar-refractivity contribution < 1.29 is 22.9 Å². The van der Waals surface area contributed by atoms with E-state index in [9.17, 15) is 28.1 Å². The van der Waals surface area contributed by atoms with Gasteiger partial charge in [-0.15, -0.1) is 0 Å². The number of carbonyl (C=O) groups excluding carboxylic acids is 1. The molecule has 1 amide bonds. The summed E-state index contributed by atoms with van der Waals surface area (Å²) in [6.45, 7) is 0. The first-order chi connectivity index (χ1) is 7.84. The zero-order valence-electron chi connectivity index (χ0n) is 7.92. The van der Waals surface area contributed by atoms with Crippen LogP contribution in [0.5, 0.6) is 0 Å². The first-order valence-corrected chi connectivity index (χ1v) is 4.43. The van der Waals surface area contributed by atoms with Gasteiger partial charge in [0.05, 0.1) is 4.92 Å². The molecule has 0 aromatic heterocycles. The van der Waals surface area contributed by atoms with Crippen molar-refractivity contribution in [3.8, 4) is 0 Å². The van der Waals surface area contributed by atoms with E-state index in [1.54, 1.807) is 0 Å². The fourth-order valence-electron chi connectivity index (χ4n) is 0.975. The van der Waals surface area contributed by atoms with E-state index in [2.05, 4.69) is 0 Å². The zero-order valence-corrected chi connectivity index (χ0v) is 8.67. The van der Waals surface area contributed by atoms with Crippen molar-refractivity contribution in [3.63, 3.8) is 0 Å². The lowest BCUT2D eigenvalue weighted by Crippen LogP contribution is -2.21. The van der Waals surface area contributed by atoms with Crippen molar-refractivity contribution >= 4 is 28.9 Å². The molecular formula is C8H4ClF3N2O3. The van der Waals surface area contributed by atoms with Crippen LogP contribution in [0.25, 0.3) is 0 Å². The minimum Gasteiger partial charge on any atom is -0.317 e. The van der Waals surface area contributed by atoms with Crippen LogP contribution < -0.4 is 5.32 Å². The van der Waals surface area contributed by atoms with E-state index in [0.29, 0.717) is 6.07 Å². The Balaban J connectivity index is 3.19. The van der Waals surface area contributed by atoms with Crippen molar-refractivity contribution in [1.29, 1.82) is 0 Å². The normalized spacial score (nSPS) is 10.4. The number of amides is 1. The lowest BCUT2D eigenvalue weighted by Gasteiger charge is -2.07. The Kier molecular flexibility index (Phi) is 3.89. The summed E-state index contributed by atoms with van der Waals surface area (Å²) in [5.41, 5.74) is -1.54. The summed E-state index contributed by atoms with van der Waals surface area (Å²) in [4.78, 5) is 20.2. The Morgan fingerprint density at radius 1 is 1.47 bits per heavy atom. The van der Waals surface area contributed by atoms with Gasteiger partial charge in [-0.1, -0.05) is 11.6 Å². The minimum absolute atomic E-state index is 0.644. The van der Waals surface area contributed by atoms with Gasteiger partial charge in [-0.2, -0.15) is 8.78 Å². The highest BCUT2D eigenvalue weighted by molar-refractivity contribution is 6.35. The molecule has 1 aromatic carbocycles. The molecule has 17 heavy (non-hydrogen) atoms. The number of halogens is 4. The van der Waals surface area contributed by atoms with Gasteiger partial charge >= 0.3 is 6.43 Å². The number of benzene rings is 1. The lowest BCUT2D eigenvalue weighted by molar-refractivity contribution is -0.384. The molecule has 0 radical (unpaired) electrons. The Labute approximate surface area is 97.3 Å². The summed E-state index contributed by atoms with van der Waals surface area (Å²) in [6, 6.07) is 1.40. The van der Waals surface area contributed by atoms with E-state index in [1.807, 2.05) is 0 Å². The SMILES string of the molecule is O=C(Nc1c(F)ccc([N+](=O)[O-])c1Cl)C(F)F. The minimum atomic E-state index is -3.38. The molecule has 0 bridgehead atoms. The van der Waals surface area contributed by atoms with Gasteiger partial charge in [0.1, 0.15) is 16.5 Å². The Morgan fingerprint density at radius 2 is 2.06 bits per heavy atom. The van der Waals surface area contributed by atoms with Crippen molar-refractivity contribution in [2.24, 2.45) is 0 Å². The first-order valence-electron chi connectivity index (χ1n) is 4.06. The van der Waals surface area contributed by atoms with Crippen LogP contribution in [0, 0.1) is 15.9 Å². The van der Waals surface area contributed by atoms with Crippen LogP contribution in [0.4, 0.5) is 24.5 Å². The van der Waals surface area contributed by atoms with E-state index < -0.39 is 39.5 Å². The van der Waals surface area contributed by atoms with Crippen LogP contribution in [0.1, 0.15) is 0 Å². The summed E-state index contributed by atoms with van der Waals surface area (Å²) >= 11 is 5.42. The molecule has 1 N–H and O–H groups in total. The number of anilines is 1. The number of rotatable bonds is 3. The van der Waals surface area contributed by atoms with Crippen LogP contribution in [-0.2, 0) is 4.79 Å². The average molecular weight is 269 g/mol. The Hall–Kier alpha value is -1.83. The van der Waals surface area contributed by atoms with Gasteiger partial charge in [-0.25, -0.2) is 4.39 Å². The summed E-state index contributed by atoms with van der Waals surface area (Å²) in [5.74, 6) is -2.94. The third-order valence-electron chi connectivity index (χ3n) is 1.71. The monoisotopic (exact) mass is 268 g/mol. The molecule has 0 fully saturated rings. The van der Waals surface area contributed by atoms with Crippen molar-refractivity contribution in [2.45, 2.75) is 6.43 Å². The van der Waals surface area contributed by atoms with Gasteiger partial charge in [-0.05, 0) is 6.07 Å². The quantitative estimate of drug-likeness (QED) is 0.676. The molecule has 0 saturated heterocycles. The van der Waals surface area contributed by atoms with E-state index >= 15 is 0 Å². The van der Waals surface area contributed by atoms with Crippen LogP contribution >= 0.6 is 11.6 Å². The summed E-state index contributed by atoms with van der Waals surface area (Å²) < 4.78 is 37.0. The molecule has 92 valence electrons. The maximum Gasteiger partial charge on any atom is 0.315 e. The van der Waals surface area contributed by atoms with Gasteiger partial charge in [0.2, 0.25) is 0 Å². The van der Waals surface area contributed by atoms with Gasteiger partial charge < -0.3 is 5.32 Å². The largest absolute Gasteiger partial charge is 0.317 e.